The summed E-state index contributed by atoms with van der Waals surface area (Å²) in [6.45, 7) is 6.17. The van der Waals surface area contributed by atoms with Crippen LogP contribution in [0.15, 0.2) is 61.2 Å². The van der Waals surface area contributed by atoms with Gasteiger partial charge in [-0.2, -0.15) is 0 Å². The van der Waals surface area contributed by atoms with E-state index in [4.69, 9.17) is 4.74 Å². The van der Waals surface area contributed by atoms with Gasteiger partial charge in [0, 0.05) is 24.5 Å². The SMILES string of the molecule is C=CCC1(NC(=O)OCC2c3ccccc3-c3ccccc32)CCN(C)CC1. The average Bonchev–Trinajstić information content (AvgIpc) is 3.03. The highest BCUT2D eigenvalue weighted by Gasteiger charge is 2.35. The molecule has 1 amide bonds. The van der Waals surface area contributed by atoms with E-state index in [1.54, 1.807) is 0 Å². The summed E-state index contributed by atoms with van der Waals surface area (Å²) in [6, 6.07) is 16.8. The van der Waals surface area contributed by atoms with Gasteiger partial charge in [0.15, 0.2) is 0 Å². The number of rotatable bonds is 5. The predicted octanol–water partition coefficient (Wildman–Crippen LogP) is 4.57. The fourth-order valence-corrected chi connectivity index (χ4v) is 4.55. The predicted molar refractivity (Wildman–Crippen MR) is 112 cm³/mol. The number of hydrogen-bond donors (Lipinski definition) is 1. The first-order valence-electron chi connectivity index (χ1n) is 10.0. The first kappa shape index (κ1) is 18.8. The second kappa shape index (κ2) is 7.80. The van der Waals surface area contributed by atoms with E-state index in [2.05, 4.69) is 72.4 Å². The molecule has 4 rings (SSSR count). The van der Waals surface area contributed by atoms with Crippen LogP contribution in [0.3, 0.4) is 0 Å². The molecule has 0 saturated carbocycles. The van der Waals surface area contributed by atoms with Crippen LogP contribution in [0.2, 0.25) is 0 Å². The van der Waals surface area contributed by atoms with Crippen molar-refractivity contribution in [3.63, 3.8) is 0 Å². The maximum absolute atomic E-state index is 12.7. The zero-order chi connectivity index (χ0) is 19.6. The summed E-state index contributed by atoms with van der Waals surface area (Å²) in [4.78, 5) is 15.0. The van der Waals surface area contributed by atoms with Crippen LogP contribution in [0.1, 0.15) is 36.3 Å². The number of nitrogens with zero attached hydrogens (tertiary/aromatic N) is 1. The van der Waals surface area contributed by atoms with E-state index < -0.39 is 0 Å². The number of carbonyl (C=O) groups is 1. The first-order chi connectivity index (χ1) is 13.6. The maximum atomic E-state index is 12.7. The van der Waals surface area contributed by atoms with Crippen molar-refractivity contribution >= 4 is 6.09 Å². The lowest BCUT2D eigenvalue weighted by Gasteiger charge is -2.40. The van der Waals surface area contributed by atoms with Crippen LogP contribution in [-0.4, -0.2) is 43.3 Å². The Balaban J connectivity index is 1.46. The number of amides is 1. The van der Waals surface area contributed by atoms with Crippen LogP contribution < -0.4 is 5.32 Å². The van der Waals surface area contributed by atoms with E-state index in [0.29, 0.717) is 6.61 Å². The van der Waals surface area contributed by atoms with Gasteiger partial charge in [0.1, 0.15) is 6.61 Å². The molecule has 1 aliphatic carbocycles. The van der Waals surface area contributed by atoms with Crippen molar-refractivity contribution in [2.24, 2.45) is 0 Å². The third-order valence-corrected chi connectivity index (χ3v) is 6.19. The lowest BCUT2D eigenvalue weighted by Crippen LogP contribution is -2.54. The fraction of sp³-hybridized carbons (Fsp3) is 0.375. The molecule has 28 heavy (non-hydrogen) atoms. The minimum absolute atomic E-state index is 0.0889. The highest BCUT2D eigenvalue weighted by molar-refractivity contribution is 5.79. The van der Waals surface area contributed by atoms with Crippen molar-refractivity contribution < 1.29 is 9.53 Å². The summed E-state index contributed by atoms with van der Waals surface area (Å²) < 4.78 is 5.74. The normalized spacial score (nSPS) is 18.2. The monoisotopic (exact) mass is 376 g/mol. The Kier molecular flexibility index (Phi) is 5.23. The van der Waals surface area contributed by atoms with Crippen LogP contribution in [0.4, 0.5) is 4.79 Å². The third kappa shape index (κ3) is 3.57. The molecular formula is C24H28N2O2. The number of benzene rings is 2. The van der Waals surface area contributed by atoms with Gasteiger partial charge in [0.05, 0.1) is 0 Å². The minimum atomic E-state index is -0.326. The van der Waals surface area contributed by atoms with E-state index >= 15 is 0 Å². The molecule has 1 aliphatic heterocycles. The largest absolute Gasteiger partial charge is 0.449 e. The molecule has 1 heterocycles. The standard InChI is InChI=1S/C24H28N2O2/c1-3-12-24(13-15-26(2)16-14-24)25-23(27)28-17-22-20-10-6-4-8-18(20)19-9-5-7-11-21(19)22/h3-11,22H,1,12-17H2,2H3,(H,25,27). The molecule has 0 unspecified atom stereocenters. The molecule has 4 heteroatoms. The van der Waals surface area contributed by atoms with Gasteiger partial charge in [0.2, 0.25) is 0 Å². The highest BCUT2D eigenvalue weighted by atomic mass is 16.5. The number of nitrogens with one attached hydrogen (secondary N) is 1. The first-order valence-corrected chi connectivity index (χ1v) is 10.0. The molecule has 1 fully saturated rings. The smallest absolute Gasteiger partial charge is 0.407 e. The molecule has 0 aromatic heterocycles. The maximum Gasteiger partial charge on any atom is 0.407 e. The molecule has 2 aromatic carbocycles. The van der Waals surface area contributed by atoms with Crippen molar-refractivity contribution in [3.05, 3.63) is 72.3 Å². The Morgan fingerprint density at radius 2 is 1.71 bits per heavy atom. The van der Waals surface area contributed by atoms with Crippen molar-refractivity contribution in [3.8, 4) is 11.1 Å². The number of hydrogen-bond acceptors (Lipinski definition) is 3. The second-order valence-electron chi connectivity index (χ2n) is 8.03. The molecule has 1 saturated heterocycles. The van der Waals surface area contributed by atoms with E-state index in [9.17, 15) is 4.79 Å². The zero-order valence-electron chi connectivity index (χ0n) is 16.5. The molecule has 2 aromatic rings. The Morgan fingerprint density at radius 3 is 2.29 bits per heavy atom. The molecular weight excluding hydrogens is 348 g/mol. The van der Waals surface area contributed by atoms with Gasteiger partial charge < -0.3 is 15.0 Å². The zero-order valence-corrected chi connectivity index (χ0v) is 16.5. The number of piperidine rings is 1. The molecule has 146 valence electrons. The van der Waals surface area contributed by atoms with E-state index in [-0.39, 0.29) is 17.6 Å². The summed E-state index contributed by atoms with van der Waals surface area (Å²) in [5, 5.41) is 3.17. The molecule has 4 nitrogen and oxygen atoms in total. The minimum Gasteiger partial charge on any atom is -0.449 e. The summed E-state index contributed by atoms with van der Waals surface area (Å²) in [7, 11) is 2.12. The molecule has 0 radical (unpaired) electrons. The highest BCUT2D eigenvalue weighted by Crippen LogP contribution is 2.44. The van der Waals surface area contributed by atoms with Gasteiger partial charge >= 0.3 is 6.09 Å². The summed E-state index contributed by atoms with van der Waals surface area (Å²) in [6.07, 6.45) is 4.17. The van der Waals surface area contributed by atoms with Crippen LogP contribution in [-0.2, 0) is 4.74 Å². The molecule has 0 bridgehead atoms. The lowest BCUT2D eigenvalue weighted by atomic mass is 9.84. The van der Waals surface area contributed by atoms with Gasteiger partial charge in [-0.15, -0.1) is 6.58 Å². The second-order valence-corrected chi connectivity index (χ2v) is 8.03. The molecule has 2 aliphatic rings. The van der Waals surface area contributed by atoms with E-state index in [0.717, 1.165) is 32.4 Å². The Labute approximate surface area is 167 Å². The van der Waals surface area contributed by atoms with Crippen molar-refractivity contribution in [1.29, 1.82) is 0 Å². The summed E-state index contributed by atoms with van der Waals surface area (Å²) in [5.41, 5.74) is 4.71. The van der Waals surface area contributed by atoms with E-state index in [1.165, 1.54) is 22.3 Å². The average molecular weight is 377 g/mol. The number of likely N-dealkylation sites (tertiary alicyclic amines) is 1. The Morgan fingerprint density at radius 1 is 1.14 bits per heavy atom. The van der Waals surface area contributed by atoms with Gasteiger partial charge in [-0.05, 0) is 48.6 Å². The van der Waals surface area contributed by atoms with E-state index in [1.807, 2.05) is 6.08 Å². The van der Waals surface area contributed by atoms with Crippen LogP contribution in [0.25, 0.3) is 11.1 Å². The molecule has 1 N–H and O–H groups in total. The van der Waals surface area contributed by atoms with Gasteiger partial charge in [-0.25, -0.2) is 4.79 Å². The van der Waals surface area contributed by atoms with Crippen LogP contribution in [0.5, 0.6) is 0 Å². The number of carbonyl (C=O) groups excluding carboxylic acids is 1. The number of alkyl carbamates (subject to hydrolysis) is 1. The summed E-state index contributed by atoms with van der Waals surface area (Å²) >= 11 is 0. The Hall–Kier alpha value is -2.59. The van der Waals surface area contributed by atoms with Crippen molar-refractivity contribution in [2.75, 3.05) is 26.7 Å². The number of ether oxygens (including phenoxy) is 1. The quantitative estimate of drug-likeness (QED) is 0.778. The van der Waals surface area contributed by atoms with Gasteiger partial charge in [0.25, 0.3) is 0 Å². The van der Waals surface area contributed by atoms with Gasteiger partial charge in [-0.1, -0.05) is 54.6 Å². The van der Waals surface area contributed by atoms with Crippen LogP contribution >= 0.6 is 0 Å². The summed E-state index contributed by atoms with van der Waals surface area (Å²) in [5.74, 6) is 0.0889. The van der Waals surface area contributed by atoms with Crippen molar-refractivity contribution in [1.82, 2.24) is 10.2 Å². The van der Waals surface area contributed by atoms with Gasteiger partial charge in [-0.3, -0.25) is 0 Å². The van der Waals surface area contributed by atoms with Crippen molar-refractivity contribution in [2.45, 2.75) is 30.7 Å². The lowest BCUT2D eigenvalue weighted by molar-refractivity contribution is 0.108. The number of fused-ring (bicyclic) bond motifs is 3. The molecule has 0 atom stereocenters. The van der Waals surface area contributed by atoms with Crippen LogP contribution in [0, 0.1) is 0 Å². The topological polar surface area (TPSA) is 41.6 Å². The molecule has 0 spiro atoms. The third-order valence-electron chi connectivity index (χ3n) is 6.19. The fourth-order valence-electron chi connectivity index (χ4n) is 4.55. The Bertz CT molecular complexity index is 823.